The number of amides is 2. The molecule has 1 N–H and O–H groups in total. The molecule has 0 aliphatic rings. The highest BCUT2D eigenvalue weighted by atomic mass is 32.2. The van der Waals surface area contributed by atoms with Crippen LogP contribution in [-0.2, 0) is 32.6 Å². The molecule has 0 spiro atoms. The van der Waals surface area contributed by atoms with Crippen LogP contribution in [-0.4, -0.2) is 65.1 Å². The second-order valence-electron chi connectivity index (χ2n) is 12.2. The van der Waals surface area contributed by atoms with Crippen molar-refractivity contribution in [3.63, 3.8) is 0 Å². The zero-order valence-corrected chi connectivity index (χ0v) is 30.4. The zero-order chi connectivity index (χ0) is 36.3. The Morgan fingerprint density at radius 1 is 0.840 bits per heavy atom. The summed E-state index contributed by atoms with van der Waals surface area (Å²) in [7, 11) is -1.48. The van der Waals surface area contributed by atoms with Gasteiger partial charge in [-0.25, -0.2) is 8.42 Å². The molecule has 10 nitrogen and oxygen atoms in total. The third-order valence-electron chi connectivity index (χ3n) is 8.22. The third-order valence-corrected chi connectivity index (χ3v) is 9.99. The van der Waals surface area contributed by atoms with E-state index in [9.17, 15) is 18.0 Å². The molecular weight excluding hydrogens is 655 g/mol. The molecular formula is C39H47N3O7S. The van der Waals surface area contributed by atoms with Gasteiger partial charge in [0.1, 0.15) is 18.3 Å². The fourth-order valence-electron chi connectivity index (χ4n) is 5.46. The van der Waals surface area contributed by atoms with Gasteiger partial charge in [-0.3, -0.25) is 13.9 Å². The second kappa shape index (κ2) is 17.6. The van der Waals surface area contributed by atoms with Crippen molar-refractivity contribution in [1.82, 2.24) is 10.2 Å². The van der Waals surface area contributed by atoms with E-state index in [-0.39, 0.29) is 41.1 Å². The fraction of sp³-hybridized carbons (Fsp3) is 0.333. The van der Waals surface area contributed by atoms with E-state index in [1.165, 1.54) is 37.3 Å². The number of benzene rings is 4. The van der Waals surface area contributed by atoms with Crippen molar-refractivity contribution < 1.29 is 32.2 Å². The number of anilines is 1. The lowest BCUT2D eigenvalue weighted by Crippen LogP contribution is -2.53. The van der Waals surface area contributed by atoms with Crippen LogP contribution in [0.25, 0.3) is 0 Å². The average molecular weight is 702 g/mol. The Labute approximate surface area is 296 Å². The normalized spacial score (nSPS) is 11.8. The summed E-state index contributed by atoms with van der Waals surface area (Å²) in [6, 6.07) is 27.0. The van der Waals surface area contributed by atoms with Gasteiger partial charge >= 0.3 is 0 Å². The first-order valence-electron chi connectivity index (χ1n) is 16.6. The molecule has 2 amide bonds. The maximum atomic E-state index is 14.8. The van der Waals surface area contributed by atoms with Crippen LogP contribution in [0.2, 0.25) is 0 Å². The van der Waals surface area contributed by atoms with Crippen LogP contribution in [0.1, 0.15) is 37.5 Å². The minimum Gasteiger partial charge on any atom is -0.494 e. The third kappa shape index (κ3) is 9.56. The Kier molecular flexibility index (Phi) is 13.3. The molecule has 0 saturated heterocycles. The Hall–Kier alpha value is -5.03. The van der Waals surface area contributed by atoms with Crippen molar-refractivity contribution in [2.24, 2.45) is 5.92 Å². The summed E-state index contributed by atoms with van der Waals surface area (Å²) in [5.74, 6) is 0.440. The first-order valence-corrected chi connectivity index (χ1v) is 18.1. The lowest BCUT2D eigenvalue weighted by Gasteiger charge is -2.34. The molecule has 1 atom stereocenters. The largest absolute Gasteiger partial charge is 0.494 e. The van der Waals surface area contributed by atoms with E-state index < -0.39 is 28.5 Å². The molecule has 0 aromatic heterocycles. The van der Waals surface area contributed by atoms with Crippen LogP contribution in [0.5, 0.6) is 17.2 Å². The molecule has 0 fully saturated rings. The van der Waals surface area contributed by atoms with E-state index >= 15 is 0 Å². The molecule has 50 heavy (non-hydrogen) atoms. The number of carbonyl (C=O) groups excluding carboxylic acids is 2. The minimum atomic E-state index is -4.36. The van der Waals surface area contributed by atoms with Gasteiger partial charge in [-0.1, -0.05) is 68.4 Å². The number of nitrogens with one attached hydrogen (secondary N) is 1. The maximum absolute atomic E-state index is 14.8. The Morgan fingerprint density at radius 2 is 1.50 bits per heavy atom. The molecule has 4 rings (SSSR count). The Morgan fingerprint density at radius 3 is 2.12 bits per heavy atom. The highest BCUT2D eigenvalue weighted by molar-refractivity contribution is 7.92. The maximum Gasteiger partial charge on any atom is 0.264 e. The smallest absolute Gasteiger partial charge is 0.264 e. The predicted molar refractivity (Wildman–Crippen MR) is 195 cm³/mol. The summed E-state index contributed by atoms with van der Waals surface area (Å²) in [6.07, 6.45) is 0.230. The summed E-state index contributed by atoms with van der Waals surface area (Å²) in [6.45, 7) is 8.14. The van der Waals surface area contributed by atoms with Crippen LogP contribution >= 0.6 is 0 Å². The summed E-state index contributed by atoms with van der Waals surface area (Å²) < 4.78 is 46.4. The molecule has 266 valence electrons. The van der Waals surface area contributed by atoms with Gasteiger partial charge in [-0.2, -0.15) is 0 Å². The van der Waals surface area contributed by atoms with Crippen molar-refractivity contribution in [2.45, 2.75) is 51.6 Å². The van der Waals surface area contributed by atoms with Gasteiger partial charge in [-0.15, -0.1) is 0 Å². The number of aryl methyl sites for hydroxylation is 1. The number of hydrogen-bond donors (Lipinski definition) is 1. The Bertz CT molecular complexity index is 1830. The molecule has 4 aromatic carbocycles. The highest BCUT2D eigenvalue weighted by Crippen LogP contribution is 2.33. The van der Waals surface area contributed by atoms with Gasteiger partial charge in [0.15, 0.2) is 11.5 Å². The van der Waals surface area contributed by atoms with Gasteiger partial charge in [0, 0.05) is 25.6 Å². The lowest BCUT2D eigenvalue weighted by molar-refractivity contribution is -0.140. The molecule has 0 radical (unpaired) electrons. The molecule has 1 unspecified atom stereocenters. The van der Waals surface area contributed by atoms with E-state index in [0.717, 1.165) is 21.0 Å². The number of ether oxygens (including phenoxy) is 3. The summed E-state index contributed by atoms with van der Waals surface area (Å²) in [5, 5.41) is 3.02. The Balaban J connectivity index is 1.84. The van der Waals surface area contributed by atoms with Gasteiger partial charge in [0.2, 0.25) is 11.8 Å². The van der Waals surface area contributed by atoms with Crippen molar-refractivity contribution in [3.8, 4) is 17.2 Å². The molecule has 0 bridgehead atoms. The van der Waals surface area contributed by atoms with E-state index in [0.29, 0.717) is 24.7 Å². The van der Waals surface area contributed by atoms with E-state index in [4.69, 9.17) is 14.2 Å². The van der Waals surface area contributed by atoms with E-state index in [1.807, 2.05) is 82.3 Å². The molecule has 0 saturated carbocycles. The number of methoxy groups -OCH3 is 2. The first kappa shape index (κ1) is 37.8. The summed E-state index contributed by atoms with van der Waals surface area (Å²) >= 11 is 0. The second-order valence-corrected chi connectivity index (χ2v) is 14.1. The first-order chi connectivity index (χ1) is 24.0. The fourth-order valence-corrected chi connectivity index (χ4v) is 6.89. The van der Waals surface area contributed by atoms with E-state index in [1.54, 1.807) is 24.3 Å². The molecule has 11 heteroatoms. The summed E-state index contributed by atoms with van der Waals surface area (Å²) in [4.78, 5) is 30.2. The van der Waals surface area contributed by atoms with Crippen LogP contribution in [0.15, 0.2) is 102 Å². The monoisotopic (exact) mass is 701 g/mol. The number of sulfonamides is 1. The van der Waals surface area contributed by atoms with Gasteiger partial charge in [0.05, 0.1) is 31.4 Å². The van der Waals surface area contributed by atoms with Crippen molar-refractivity contribution in [3.05, 3.63) is 114 Å². The van der Waals surface area contributed by atoms with Gasteiger partial charge < -0.3 is 24.4 Å². The van der Waals surface area contributed by atoms with Crippen molar-refractivity contribution in [2.75, 3.05) is 38.2 Å². The molecule has 4 aromatic rings. The number of hydrogen-bond acceptors (Lipinski definition) is 7. The number of rotatable bonds is 17. The predicted octanol–water partition coefficient (Wildman–Crippen LogP) is 6.02. The molecule has 0 heterocycles. The van der Waals surface area contributed by atoms with Gasteiger partial charge in [0.25, 0.3) is 10.0 Å². The minimum absolute atomic E-state index is 0.0889. The standard InChI is InChI=1S/C39H47N3O7S/c1-7-49-33-19-17-32(18-20-33)42(50(45,46)34-21-22-36(47-5)37(24-34)48-6)27-38(43)41(26-31-16-12-11-13-29(31)4)35(39(44)40-25-28(2)3)23-30-14-9-8-10-15-30/h8-22,24,28,35H,7,23,25-27H2,1-6H3,(H,40,44). The van der Waals surface area contributed by atoms with Crippen LogP contribution in [0, 0.1) is 12.8 Å². The van der Waals surface area contributed by atoms with Crippen LogP contribution in [0.3, 0.4) is 0 Å². The van der Waals surface area contributed by atoms with E-state index in [2.05, 4.69) is 5.32 Å². The molecule has 0 aliphatic carbocycles. The number of nitrogens with zero attached hydrogens (tertiary/aromatic N) is 2. The van der Waals surface area contributed by atoms with Gasteiger partial charge in [-0.05, 0) is 72.9 Å². The average Bonchev–Trinajstić information content (AvgIpc) is 3.12. The zero-order valence-electron chi connectivity index (χ0n) is 29.6. The highest BCUT2D eigenvalue weighted by Gasteiger charge is 2.35. The number of carbonyl (C=O) groups is 2. The summed E-state index contributed by atoms with van der Waals surface area (Å²) in [5.41, 5.74) is 2.89. The lowest BCUT2D eigenvalue weighted by atomic mass is 10.0. The SMILES string of the molecule is CCOc1ccc(N(CC(=O)N(Cc2ccccc2C)C(Cc2ccccc2)C(=O)NCC(C)C)S(=O)(=O)c2ccc(OC)c(OC)c2)cc1. The quantitative estimate of drug-likeness (QED) is 0.143. The molecule has 0 aliphatic heterocycles. The topological polar surface area (TPSA) is 114 Å². The van der Waals surface area contributed by atoms with Crippen LogP contribution < -0.4 is 23.8 Å². The van der Waals surface area contributed by atoms with Crippen molar-refractivity contribution >= 4 is 27.5 Å². The van der Waals surface area contributed by atoms with Crippen LogP contribution in [0.4, 0.5) is 5.69 Å². The van der Waals surface area contributed by atoms with Crippen molar-refractivity contribution in [1.29, 1.82) is 0 Å².